The van der Waals surface area contributed by atoms with Gasteiger partial charge in [0.15, 0.2) is 0 Å². The molecule has 2 nitrogen and oxygen atoms in total. The average Bonchev–Trinajstić information content (AvgIpc) is 2.92. The molecule has 1 saturated heterocycles. The van der Waals surface area contributed by atoms with Crippen LogP contribution in [-0.4, -0.2) is 19.1 Å². The van der Waals surface area contributed by atoms with E-state index in [1.807, 2.05) is 12.1 Å². The van der Waals surface area contributed by atoms with Crippen molar-refractivity contribution in [2.75, 3.05) is 18.4 Å². The molecule has 0 saturated carbocycles. The summed E-state index contributed by atoms with van der Waals surface area (Å²) in [7, 11) is 0. The number of nitrogens with one attached hydrogen (secondary N) is 2. The van der Waals surface area contributed by atoms with E-state index in [4.69, 9.17) is 0 Å². The molecule has 2 unspecified atom stereocenters. The van der Waals surface area contributed by atoms with E-state index in [1.54, 1.807) is 18.2 Å². The summed E-state index contributed by atoms with van der Waals surface area (Å²) in [6.07, 6.45) is -3.31. The van der Waals surface area contributed by atoms with Crippen molar-refractivity contribution in [1.82, 2.24) is 5.32 Å². The van der Waals surface area contributed by atoms with E-state index in [9.17, 15) is 13.2 Å². The van der Waals surface area contributed by atoms with E-state index in [0.717, 1.165) is 36.8 Å². The summed E-state index contributed by atoms with van der Waals surface area (Å²) in [6, 6.07) is 11.8. The average molecular weight is 318 g/mol. The standard InChI is InChI=1S/C18H17F3N2/c19-18(20,21)15-4-2-1-3-12(15)11-5-6-16-13(9-11)14-10-22-8-7-17(14)23-16/h1-6,9,14,17,22-23H,7-8,10H2. The van der Waals surface area contributed by atoms with Crippen LogP contribution in [-0.2, 0) is 6.18 Å². The largest absolute Gasteiger partial charge is 0.417 e. The fraction of sp³-hybridized carbons (Fsp3) is 0.333. The zero-order chi connectivity index (χ0) is 16.0. The third-order valence-electron chi connectivity index (χ3n) is 4.82. The quantitative estimate of drug-likeness (QED) is 0.821. The van der Waals surface area contributed by atoms with Crippen LogP contribution in [0.4, 0.5) is 18.9 Å². The monoisotopic (exact) mass is 318 g/mol. The van der Waals surface area contributed by atoms with Crippen molar-refractivity contribution < 1.29 is 13.2 Å². The minimum atomic E-state index is -4.34. The molecular weight excluding hydrogens is 301 g/mol. The van der Waals surface area contributed by atoms with Gasteiger partial charge in [-0.1, -0.05) is 24.3 Å². The Morgan fingerprint density at radius 2 is 1.87 bits per heavy atom. The van der Waals surface area contributed by atoms with Gasteiger partial charge in [0.25, 0.3) is 0 Å². The van der Waals surface area contributed by atoms with Gasteiger partial charge in [-0.15, -0.1) is 0 Å². The second kappa shape index (κ2) is 5.27. The summed E-state index contributed by atoms with van der Waals surface area (Å²) in [4.78, 5) is 0. The lowest BCUT2D eigenvalue weighted by Gasteiger charge is -2.26. The zero-order valence-corrected chi connectivity index (χ0v) is 12.5. The van der Waals surface area contributed by atoms with E-state index in [1.165, 1.54) is 6.07 Å². The van der Waals surface area contributed by atoms with Crippen molar-refractivity contribution in [3.63, 3.8) is 0 Å². The molecule has 2 atom stereocenters. The third kappa shape index (κ3) is 2.49. The van der Waals surface area contributed by atoms with Gasteiger partial charge in [-0.3, -0.25) is 0 Å². The van der Waals surface area contributed by atoms with Gasteiger partial charge in [0.2, 0.25) is 0 Å². The number of halogens is 3. The van der Waals surface area contributed by atoms with Crippen molar-refractivity contribution in [2.24, 2.45) is 0 Å². The summed E-state index contributed by atoms with van der Waals surface area (Å²) in [5.41, 5.74) is 2.47. The zero-order valence-electron chi connectivity index (χ0n) is 12.5. The highest BCUT2D eigenvalue weighted by molar-refractivity contribution is 5.74. The van der Waals surface area contributed by atoms with Gasteiger partial charge in [0, 0.05) is 24.2 Å². The molecule has 23 heavy (non-hydrogen) atoms. The number of benzene rings is 2. The van der Waals surface area contributed by atoms with Crippen molar-refractivity contribution >= 4 is 5.69 Å². The molecular formula is C18H17F3N2. The molecule has 0 aliphatic carbocycles. The topological polar surface area (TPSA) is 24.1 Å². The Labute approximate surface area is 132 Å². The molecule has 2 aliphatic rings. The van der Waals surface area contributed by atoms with Gasteiger partial charge in [-0.2, -0.15) is 13.2 Å². The number of hydrogen-bond donors (Lipinski definition) is 2. The van der Waals surface area contributed by atoms with E-state index < -0.39 is 11.7 Å². The lowest BCUT2D eigenvalue weighted by Crippen LogP contribution is -2.38. The van der Waals surface area contributed by atoms with Gasteiger partial charge in [0.05, 0.1) is 5.56 Å². The predicted molar refractivity (Wildman–Crippen MR) is 84.5 cm³/mol. The highest BCUT2D eigenvalue weighted by atomic mass is 19.4. The Hall–Kier alpha value is -2.01. The number of piperidine rings is 1. The molecule has 5 heteroatoms. The Morgan fingerprint density at radius 3 is 2.70 bits per heavy atom. The van der Waals surface area contributed by atoms with E-state index in [0.29, 0.717) is 17.5 Å². The molecule has 2 aliphatic heterocycles. The van der Waals surface area contributed by atoms with Gasteiger partial charge >= 0.3 is 6.18 Å². The van der Waals surface area contributed by atoms with Crippen LogP contribution >= 0.6 is 0 Å². The molecule has 2 heterocycles. The SMILES string of the molecule is FC(F)(F)c1ccccc1-c1ccc2c(c1)C1CNCCC1N2. The first-order chi connectivity index (χ1) is 11.0. The van der Waals surface area contributed by atoms with Crippen molar-refractivity contribution in [3.05, 3.63) is 53.6 Å². The number of rotatable bonds is 1. The fourth-order valence-electron chi connectivity index (χ4n) is 3.71. The molecule has 0 radical (unpaired) electrons. The molecule has 0 bridgehead atoms. The van der Waals surface area contributed by atoms with Gasteiger partial charge in [-0.05, 0) is 47.9 Å². The summed E-state index contributed by atoms with van der Waals surface area (Å²) < 4.78 is 39.8. The van der Waals surface area contributed by atoms with Crippen LogP contribution in [0.25, 0.3) is 11.1 Å². The van der Waals surface area contributed by atoms with Crippen LogP contribution < -0.4 is 10.6 Å². The van der Waals surface area contributed by atoms with Crippen molar-refractivity contribution in [3.8, 4) is 11.1 Å². The van der Waals surface area contributed by atoms with E-state index in [2.05, 4.69) is 10.6 Å². The lowest BCUT2D eigenvalue weighted by molar-refractivity contribution is -0.137. The van der Waals surface area contributed by atoms with E-state index in [-0.39, 0.29) is 5.56 Å². The molecule has 0 aromatic heterocycles. The van der Waals surface area contributed by atoms with Gasteiger partial charge in [-0.25, -0.2) is 0 Å². The van der Waals surface area contributed by atoms with Crippen LogP contribution in [0.15, 0.2) is 42.5 Å². The Morgan fingerprint density at radius 1 is 1.04 bits per heavy atom. The summed E-state index contributed by atoms with van der Waals surface area (Å²) in [5, 5.41) is 6.87. The number of hydrogen-bond acceptors (Lipinski definition) is 2. The highest BCUT2D eigenvalue weighted by Crippen LogP contribution is 2.42. The second-order valence-electron chi connectivity index (χ2n) is 6.20. The first-order valence-corrected chi connectivity index (χ1v) is 7.82. The normalized spacial score (nSPS) is 23.1. The third-order valence-corrected chi connectivity index (χ3v) is 4.82. The highest BCUT2D eigenvalue weighted by Gasteiger charge is 2.36. The van der Waals surface area contributed by atoms with E-state index >= 15 is 0 Å². The Kier molecular flexibility index (Phi) is 3.34. The molecule has 120 valence electrons. The Balaban J connectivity index is 1.79. The first kappa shape index (κ1) is 14.6. The smallest absolute Gasteiger partial charge is 0.381 e. The second-order valence-corrected chi connectivity index (χ2v) is 6.20. The minimum Gasteiger partial charge on any atom is -0.381 e. The molecule has 2 aromatic rings. The molecule has 2 aromatic carbocycles. The minimum absolute atomic E-state index is 0.245. The van der Waals surface area contributed by atoms with Crippen molar-refractivity contribution in [2.45, 2.75) is 24.6 Å². The molecule has 0 amide bonds. The summed E-state index contributed by atoms with van der Waals surface area (Å²) in [5.74, 6) is 0.330. The Bertz CT molecular complexity index is 739. The maximum Gasteiger partial charge on any atom is 0.417 e. The molecule has 1 fully saturated rings. The van der Waals surface area contributed by atoms with Crippen LogP contribution in [0.3, 0.4) is 0 Å². The van der Waals surface area contributed by atoms with Crippen LogP contribution in [0.5, 0.6) is 0 Å². The van der Waals surface area contributed by atoms with Crippen LogP contribution in [0, 0.1) is 0 Å². The first-order valence-electron chi connectivity index (χ1n) is 7.82. The lowest BCUT2D eigenvalue weighted by atomic mass is 9.88. The van der Waals surface area contributed by atoms with Gasteiger partial charge in [0.1, 0.15) is 0 Å². The number of alkyl halides is 3. The maximum absolute atomic E-state index is 13.3. The van der Waals surface area contributed by atoms with Gasteiger partial charge < -0.3 is 10.6 Å². The number of fused-ring (bicyclic) bond motifs is 3. The molecule has 2 N–H and O–H groups in total. The number of anilines is 1. The van der Waals surface area contributed by atoms with Crippen LogP contribution in [0.2, 0.25) is 0 Å². The molecule has 0 spiro atoms. The maximum atomic E-state index is 13.3. The predicted octanol–water partition coefficient (Wildman–Crippen LogP) is 4.24. The van der Waals surface area contributed by atoms with Crippen molar-refractivity contribution in [1.29, 1.82) is 0 Å². The summed E-state index contributed by atoms with van der Waals surface area (Å²) >= 11 is 0. The molecule has 4 rings (SSSR count). The van der Waals surface area contributed by atoms with Crippen LogP contribution in [0.1, 0.15) is 23.5 Å². The summed E-state index contributed by atoms with van der Waals surface area (Å²) in [6.45, 7) is 1.85. The fourth-order valence-corrected chi connectivity index (χ4v) is 3.71.